The van der Waals surface area contributed by atoms with Crippen molar-refractivity contribution in [3.8, 4) is 5.75 Å². The molecule has 0 radical (unpaired) electrons. The Labute approximate surface area is 152 Å². The maximum atomic E-state index is 12.9. The van der Waals surface area contributed by atoms with Crippen LogP contribution in [-0.4, -0.2) is 19.0 Å². The van der Waals surface area contributed by atoms with Gasteiger partial charge >= 0.3 is 6.03 Å². The number of anilines is 1. The molecule has 0 fully saturated rings. The van der Waals surface area contributed by atoms with Crippen molar-refractivity contribution in [3.05, 3.63) is 70.9 Å². The van der Waals surface area contributed by atoms with E-state index in [9.17, 15) is 9.59 Å². The number of allylic oxidation sites excluding steroid dienone is 1. The van der Waals surface area contributed by atoms with Gasteiger partial charge in [0.25, 0.3) is 5.91 Å². The van der Waals surface area contributed by atoms with Crippen molar-refractivity contribution in [2.75, 3.05) is 12.4 Å². The molecule has 1 heterocycles. The molecule has 0 saturated heterocycles. The largest absolute Gasteiger partial charge is 0.496 e. The monoisotopic (exact) mass is 351 g/mol. The fourth-order valence-electron chi connectivity index (χ4n) is 2.98. The first-order valence-corrected chi connectivity index (χ1v) is 8.29. The Morgan fingerprint density at radius 2 is 1.85 bits per heavy atom. The molecule has 6 heteroatoms. The topological polar surface area (TPSA) is 79.5 Å². The Morgan fingerprint density at radius 1 is 1.12 bits per heavy atom. The highest BCUT2D eigenvalue weighted by molar-refractivity contribution is 6.06. The first-order chi connectivity index (χ1) is 12.5. The number of nitrogens with one attached hydrogen (secondary N) is 3. The molecule has 3 amide bonds. The predicted octanol–water partition coefficient (Wildman–Crippen LogP) is 3.27. The van der Waals surface area contributed by atoms with Gasteiger partial charge in [-0.1, -0.05) is 30.3 Å². The van der Waals surface area contributed by atoms with Crippen molar-refractivity contribution in [1.29, 1.82) is 0 Å². The fraction of sp³-hybridized carbons (Fsp3) is 0.200. The van der Waals surface area contributed by atoms with Gasteiger partial charge < -0.3 is 20.7 Å². The van der Waals surface area contributed by atoms with Crippen LogP contribution in [0.1, 0.15) is 24.1 Å². The SMILES string of the molecule is COc1cc([C@H]2NC(=O)NC(C)=C2C(=O)Nc2ccccc2)ccc1C. The van der Waals surface area contributed by atoms with E-state index in [0.717, 1.165) is 11.1 Å². The zero-order chi connectivity index (χ0) is 18.7. The lowest BCUT2D eigenvalue weighted by Gasteiger charge is -2.29. The van der Waals surface area contributed by atoms with Crippen LogP contribution in [0.3, 0.4) is 0 Å². The highest BCUT2D eigenvalue weighted by atomic mass is 16.5. The van der Waals surface area contributed by atoms with Crippen LogP contribution in [0.25, 0.3) is 0 Å². The molecule has 6 nitrogen and oxygen atoms in total. The van der Waals surface area contributed by atoms with Gasteiger partial charge in [0.15, 0.2) is 0 Å². The molecule has 134 valence electrons. The van der Waals surface area contributed by atoms with Crippen LogP contribution in [-0.2, 0) is 4.79 Å². The van der Waals surface area contributed by atoms with E-state index in [1.165, 1.54) is 0 Å². The molecule has 0 unspecified atom stereocenters. The minimum Gasteiger partial charge on any atom is -0.496 e. The minimum absolute atomic E-state index is 0.272. The van der Waals surface area contributed by atoms with Gasteiger partial charge in [0.2, 0.25) is 0 Å². The van der Waals surface area contributed by atoms with Crippen LogP contribution >= 0.6 is 0 Å². The molecule has 0 bridgehead atoms. The number of urea groups is 1. The molecule has 2 aromatic carbocycles. The molecule has 3 N–H and O–H groups in total. The first kappa shape index (κ1) is 17.5. The summed E-state index contributed by atoms with van der Waals surface area (Å²) in [5.41, 5.74) is 3.42. The average molecular weight is 351 g/mol. The lowest BCUT2D eigenvalue weighted by molar-refractivity contribution is -0.113. The molecule has 0 aliphatic carbocycles. The normalized spacial score (nSPS) is 16.6. The number of carbonyl (C=O) groups is 2. The van der Waals surface area contributed by atoms with E-state index in [1.807, 2.05) is 55.5 Å². The number of hydrogen-bond acceptors (Lipinski definition) is 3. The molecule has 3 rings (SSSR count). The van der Waals surface area contributed by atoms with E-state index >= 15 is 0 Å². The molecule has 0 spiro atoms. The highest BCUT2D eigenvalue weighted by Crippen LogP contribution is 2.31. The van der Waals surface area contributed by atoms with Crippen molar-refractivity contribution >= 4 is 17.6 Å². The smallest absolute Gasteiger partial charge is 0.319 e. The summed E-state index contributed by atoms with van der Waals surface area (Å²) in [4.78, 5) is 24.9. The van der Waals surface area contributed by atoms with Crippen molar-refractivity contribution in [3.63, 3.8) is 0 Å². The summed E-state index contributed by atoms with van der Waals surface area (Å²) >= 11 is 0. The van der Waals surface area contributed by atoms with Crippen LogP contribution in [0.5, 0.6) is 5.75 Å². The number of amides is 3. The summed E-state index contributed by atoms with van der Waals surface area (Å²) in [7, 11) is 1.59. The summed E-state index contributed by atoms with van der Waals surface area (Å²) < 4.78 is 5.38. The molecule has 26 heavy (non-hydrogen) atoms. The number of para-hydroxylation sites is 1. The lowest BCUT2D eigenvalue weighted by Crippen LogP contribution is -2.46. The van der Waals surface area contributed by atoms with E-state index in [2.05, 4.69) is 16.0 Å². The van der Waals surface area contributed by atoms with Gasteiger partial charge in [-0.2, -0.15) is 0 Å². The van der Waals surface area contributed by atoms with Gasteiger partial charge in [0.1, 0.15) is 5.75 Å². The molecular formula is C20H21N3O3. The van der Waals surface area contributed by atoms with Crippen molar-refractivity contribution in [1.82, 2.24) is 10.6 Å². The Hall–Kier alpha value is -3.28. The fourth-order valence-corrected chi connectivity index (χ4v) is 2.98. The third-order valence-electron chi connectivity index (χ3n) is 4.31. The molecule has 2 aromatic rings. The summed E-state index contributed by atoms with van der Waals surface area (Å²) in [6.45, 7) is 3.66. The first-order valence-electron chi connectivity index (χ1n) is 8.29. The van der Waals surface area contributed by atoms with Gasteiger partial charge in [0, 0.05) is 11.4 Å². The zero-order valence-electron chi connectivity index (χ0n) is 14.9. The minimum atomic E-state index is -0.568. The number of carbonyl (C=O) groups excluding carboxylic acids is 2. The van der Waals surface area contributed by atoms with Crippen LogP contribution in [0.4, 0.5) is 10.5 Å². The number of aryl methyl sites for hydroxylation is 1. The third kappa shape index (κ3) is 3.54. The number of benzene rings is 2. The van der Waals surface area contributed by atoms with Crippen molar-refractivity contribution in [2.24, 2.45) is 0 Å². The Bertz CT molecular complexity index is 875. The second kappa shape index (κ2) is 7.31. The Balaban J connectivity index is 1.98. The second-order valence-electron chi connectivity index (χ2n) is 6.12. The van der Waals surface area contributed by atoms with E-state index < -0.39 is 6.04 Å². The molecular weight excluding hydrogens is 330 g/mol. The predicted molar refractivity (Wildman–Crippen MR) is 99.9 cm³/mol. The summed E-state index contributed by atoms with van der Waals surface area (Å²) in [6, 6.07) is 13.9. The summed E-state index contributed by atoms with van der Waals surface area (Å²) in [5, 5.41) is 8.38. The van der Waals surface area contributed by atoms with Crippen LogP contribution in [0.2, 0.25) is 0 Å². The quantitative estimate of drug-likeness (QED) is 0.791. The lowest BCUT2D eigenvalue weighted by atomic mass is 9.94. The summed E-state index contributed by atoms with van der Waals surface area (Å²) in [5.74, 6) is 0.432. The number of rotatable bonds is 4. The standard InChI is InChI=1S/C20H21N3O3/c1-12-9-10-14(11-16(12)26-3)18-17(13(2)21-20(25)23-18)19(24)22-15-7-5-4-6-8-15/h4-11,18H,1-3H3,(H,22,24)(H2,21,23,25)/t18-/m1/s1. The van der Waals surface area contributed by atoms with Crippen LogP contribution < -0.4 is 20.7 Å². The maximum absolute atomic E-state index is 12.9. The number of ether oxygens (including phenoxy) is 1. The molecule has 1 atom stereocenters. The van der Waals surface area contributed by atoms with Crippen molar-refractivity contribution < 1.29 is 14.3 Å². The highest BCUT2D eigenvalue weighted by Gasteiger charge is 2.31. The van der Waals surface area contributed by atoms with E-state index in [0.29, 0.717) is 22.7 Å². The Morgan fingerprint density at radius 3 is 2.54 bits per heavy atom. The van der Waals surface area contributed by atoms with Gasteiger partial charge in [-0.15, -0.1) is 0 Å². The van der Waals surface area contributed by atoms with Gasteiger partial charge in [-0.05, 0) is 43.2 Å². The molecule has 1 aliphatic heterocycles. The summed E-state index contributed by atoms with van der Waals surface area (Å²) in [6.07, 6.45) is 0. The zero-order valence-corrected chi connectivity index (χ0v) is 14.9. The number of hydrogen-bond donors (Lipinski definition) is 3. The van der Waals surface area contributed by atoms with Crippen LogP contribution in [0.15, 0.2) is 59.8 Å². The third-order valence-corrected chi connectivity index (χ3v) is 4.31. The van der Waals surface area contributed by atoms with Crippen molar-refractivity contribution in [2.45, 2.75) is 19.9 Å². The molecule has 1 aliphatic rings. The molecule has 0 aromatic heterocycles. The maximum Gasteiger partial charge on any atom is 0.319 e. The number of methoxy groups -OCH3 is 1. The van der Waals surface area contributed by atoms with Gasteiger partial charge in [0.05, 0.1) is 18.7 Å². The molecule has 0 saturated carbocycles. The van der Waals surface area contributed by atoms with Crippen LogP contribution in [0, 0.1) is 6.92 Å². The van der Waals surface area contributed by atoms with E-state index in [-0.39, 0.29) is 11.9 Å². The Kier molecular flexibility index (Phi) is 4.93. The van der Waals surface area contributed by atoms with Gasteiger partial charge in [-0.3, -0.25) is 4.79 Å². The van der Waals surface area contributed by atoms with E-state index in [4.69, 9.17) is 4.74 Å². The average Bonchev–Trinajstić information content (AvgIpc) is 2.62. The van der Waals surface area contributed by atoms with Gasteiger partial charge in [-0.25, -0.2) is 4.79 Å². The second-order valence-corrected chi connectivity index (χ2v) is 6.12. The van der Waals surface area contributed by atoms with E-state index in [1.54, 1.807) is 14.0 Å².